The van der Waals surface area contributed by atoms with Gasteiger partial charge in [0.2, 0.25) is 0 Å². The Morgan fingerprint density at radius 2 is 1.72 bits per heavy atom. The summed E-state index contributed by atoms with van der Waals surface area (Å²) >= 11 is 0. The minimum Gasteiger partial charge on any atom is -0.478 e. The Hall–Kier alpha value is -2.49. The van der Waals surface area contributed by atoms with E-state index in [1.165, 1.54) is 0 Å². The number of carbonyl (C=O) groups is 1. The number of anilines is 1. The van der Waals surface area contributed by atoms with Crippen molar-refractivity contribution in [3.63, 3.8) is 0 Å². The average molecular weight is 339 g/mol. The third kappa shape index (κ3) is 3.48. The first kappa shape index (κ1) is 17.3. The molecule has 0 spiro atoms. The summed E-state index contributed by atoms with van der Waals surface area (Å²) in [6.45, 7) is 6.16. The maximum atomic E-state index is 11.7. The molecule has 3 rings (SSSR count). The molecule has 2 aromatic carbocycles. The first-order valence-corrected chi connectivity index (χ1v) is 9.09. The molecule has 1 aromatic heterocycles. The first-order valence-electron chi connectivity index (χ1n) is 9.09. The third-order valence-corrected chi connectivity index (χ3v) is 4.61. The molecule has 0 unspecified atom stereocenters. The van der Waals surface area contributed by atoms with Crippen LogP contribution < -0.4 is 4.90 Å². The highest BCUT2D eigenvalue weighted by molar-refractivity contribution is 6.11. The summed E-state index contributed by atoms with van der Waals surface area (Å²) < 4.78 is 6.12. The second kappa shape index (κ2) is 7.60. The summed E-state index contributed by atoms with van der Waals surface area (Å²) in [5.74, 6) is -0.903. The Kier molecular flexibility index (Phi) is 5.27. The molecule has 25 heavy (non-hydrogen) atoms. The zero-order chi connectivity index (χ0) is 17.8. The van der Waals surface area contributed by atoms with Crippen molar-refractivity contribution in [2.24, 2.45) is 0 Å². The lowest BCUT2D eigenvalue weighted by Crippen LogP contribution is -2.26. The second-order valence-electron chi connectivity index (χ2n) is 6.47. The first-order chi connectivity index (χ1) is 12.2. The van der Waals surface area contributed by atoms with Crippen LogP contribution in [0.4, 0.5) is 5.69 Å². The van der Waals surface area contributed by atoms with Crippen molar-refractivity contribution < 1.29 is 14.3 Å². The molecule has 0 saturated heterocycles. The van der Waals surface area contributed by atoms with Crippen LogP contribution in [0.2, 0.25) is 0 Å². The topological polar surface area (TPSA) is 53.7 Å². The minimum absolute atomic E-state index is 0.312. The van der Waals surface area contributed by atoms with Gasteiger partial charge in [-0.25, -0.2) is 4.79 Å². The number of rotatable bonds is 8. The number of hydrogen-bond donors (Lipinski definition) is 1. The fourth-order valence-electron chi connectivity index (χ4n) is 3.22. The highest BCUT2D eigenvalue weighted by atomic mass is 16.4. The summed E-state index contributed by atoms with van der Waals surface area (Å²) in [6.07, 6.45) is 4.35. The monoisotopic (exact) mass is 339 g/mol. The number of fused-ring (bicyclic) bond motifs is 3. The fourth-order valence-corrected chi connectivity index (χ4v) is 3.22. The van der Waals surface area contributed by atoms with E-state index in [1.807, 2.05) is 24.3 Å². The van der Waals surface area contributed by atoms with Crippen molar-refractivity contribution >= 4 is 33.6 Å². The Bertz CT molecular complexity index is 873. The molecular weight excluding hydrogens is 314 g/mol. The molecule has 0 atom stereocenters. The van der Waals surface area contributed by atoms with Gasteiger partial charge in [-0.3, -0.25) is 0 Å². The van der Waals surface area contributed by atoms with Crippen LogP contribution in [0, 0.1) is 0 Å². The van der Waals surface area contributed by atoms with Crippen molar-refractivity contribution in [1.82, 2.24) is 0 Å². The molecular formula is C21H25NO3. The molecule has 0 fully saturated rings. The van der Waals surface area contributed by atoms with Crippen LogP contribution in [0.25, 0.3) is 21.9 Å². The van der Waals surface area contributed by atoms with Crippen LogP contribution in [0.5, 0.6) is 0 Å². The maximum Gasteiger partial charge on any atom is 0.335 e. The van der Waals surface area contributed by atoms with Gasteiger partial charge in [0.05, 0.1) is 11.3 Å². The van der Waals surface area contributed by atoms with Gasteiger partial charge in [0, 0.05) is 23.9 Å². The summed E-state index contributed by atoms with van der Waals surface area (Å²) in [4.78, 5) is 13.9. The molecule has 0 saturated carbocycles. The molecule has 0 amide bonds. The van der Waals surface area contributed by atoms with Crippen molar-refractivity contribution in [2.75, 3.05) is 18.0 Å². The van der Waals surface area contributed by atoms with Gasteiger partial charge in [0.25, 0.3) is 0 Å². The fraction of sp³-hybridized carbons (Fsp3) is 0.381. The standard InChI is InChI=1S/C21H25NO3/c1-3-5-11-22(12-6-4-2)18-14-15(21(23)24)13-17-16-9-7-8-10-19(16)25-20(17)18/h7-10,13-14H,3-6,11-12H2,1-2H3,(H,23,24). The second-order valence-corrected chi connectivity index (χ2v) is 6.47. The Morgan fingerprint density at radius 1 is 1.04 bits per heavy atom. The molecule has 0 bridgehead atoms. The number of carboxylic acids is 1. The van der Waals surface area contributed by atoms with Crippen LogP contribution in [0.15, 0.2) is 40.8 Å². The predicted octanol–water partition coefficient (Wildman–Crippen LogP) is 5.69. The van der Waals surface area contributed by atoms with E-state index in [-0.39, 0.29) is 0 Å². The van der Waals surface area contributed by atoms with Gasteiger partial charge in [-0.15, -0.1) is 0 Å². The molecule has 0 aliphatic heterocycles. The molecule has 0 radical (unpaired) electrons. The van der Waals surface area contributed by atoms with Crippen molar-refractivity contribution in [3.05, 3.63) is 42.0 Å². The van der Waals surface area contributed by atoms with E-state index >= 15 is 0 Å². The van der Waals surface area contributed by atoms with Gasteiger partial charge in [0.15, 0.2) is 5.58 Å². The quantitative estimate of drug-likeness (QED) is 0.573. The van der Waals surface area contributed by atoms with Gasteiger partial charge in [-0.05, 0) is 31.0 Å². The molecule has 1 N–H and O–H groups in total. The Morgan fingerprint density at radius 3 is 2.36 bits per heavy atom. The van der Waals surface area contributed by atoms with Gasteiger partial charge in [-0.1, -0.05) is 44.9 Å². The molecule has 1 heterocycles. The summed E-state index contributed by atoms with van der Waals surface area (Å²) in [6, 6.07) is 11.3. The predicted molar refractivity (Wildman–Crippen MR) is 103 cm³/mol. The lowest BCUT2D eigenvalue weighted by molar-refractivity contribution is 0.0697. The zero-order valence-electron chi connectivity index (χ0n) is 14.9. The van der Waals surface area contributed by atoms with E-state index in [9.17, 15) is 9.90 Å². The van der Waals surface area contributed by atoms with Crippen LogP contribution in [-0.4, -0.2) is 24.2 Å². The highest BCUT2D eigenvalue weighted by Gasteiger charge is 2.19. The molecule has 4 heteroatoms. The number of aromatic carboxylic acids is 1. The summed E-state index contributed by atoms with van der Waals surface area (Å²) in [5, 5.41) is 11.4. The summed E-state index contributed by atoms with van der Waals surface area (Å²) in [7, 11) is 0. The maximum absolute atomic E-state index is 11.7. The number of nitrogens with zero attached hydrogens (tertiary/aromatic N) is 1. The van der Waals surface area contributed by atoms with Crippen LogP contribution in [0.1, 0.15) is 49.9 Å². The van der Waals surface area contributed by atoms with Crippen molar-refractivity contribution in [1.29, 1.82) is 0 Å². The van der Waals surface area contributed by atoms with Gasteiger partial charge >= 0.3 is 5.97 Å². The number of benzene rings is 2. The lowest BCUT2D eigenvalue weighted by Gasteiger charge is -2.25. The van der Waals surface area contributed by atoms with Gasteiger partial charge in [-0.2, -0.15) is 0 Å². The number of carboxylic acid groups (broad SMARTS) is 1. The van der Waals surface area contributed by atoms with Crippen LogP contribution in [-0.2, 0) is 0 Å². The number of para-hydroxylation sites is 1. The van der Waals surface area contributed by atoms with Crippen LogP contribution >= 0.6 is 0 Å². The van der Waals surface area contributed by atoms with Gasteiger partial charge in [0.1, 0.15) is 5.58 Å². The SMILES string of the molecule is CCCCN(CCCC)c1cc(C(=O)O)cc2c1oc1ccccc12. The molecule has 4 nitrogen and oxygen atoms in total. The number of hydrogen-bond acceptors (Lipinski definition) is 3. The van der Waals surface area contributed by atoms with Crippen molar-refractivity contribution in [2.45, 2.75) is 39.5 Å². The van der Waals surface area contributed by atoms with E-state index in [0.717, 1.165) is 66.4 Å². The van der Waals surface area contributed by atoms with E-state index in [2.05, 4.69) is 18.7 Å². The normalized spacial score (nSPS) is 11.3. The van der Waals surface area contributed by atoms with Gasteiger partial charge < -0.3 is 14.4 Å². The molecule has 132 valence electrons. The Labute approximate surface area is 148 Å². The van der Waals surface area contributed by atoms with E-state index in [4.69, 9.17) is 4.42 Å². The number of furan rings is 1. The van der Waals surface area contributed by atoms with E-state index in [1.54, 1.807) is 12.1 Å². The average Bonchev–Trinajstić information content (AvgIpc) is 3.00. The minimum atomic E-state index is -0.903. The summed E-state index contributed by atoms with van der Waals surface area (Å²) in [5.41, 5.74) is 2.80. The molecule has 3 aromatic rings. The highest BCUT2D eigenvalue weighted by Crippen LogP contribution is 2.36. The smallest absolute Gasteiger partial charge is 0.335 e. The van der Waals surface area contributed by atoms with E-state index < -0.39 is 5.97 Å². The van der Waals surface area contributed by atoms with E-state index in [0.29, 0.717) is 5.56 Å². The lowest BCUT2D eigenvalue weighted by atomic mass is 10.1. The largest absolute Gasteiger partial charge is 0.478 e. The van der Waals surface area contributed by atoms with Crippen molar-refractivity contribution in [3.8, 4) is 0 Å². The van der Waals surface area contributed by atoms with Crippen LogP contribution in [0.3, 0.4) is 0 Å². The third-order valence-electron chi connectivity index (χ3n) is 4.61. The molecule has 0 aliphatic rings. The Balaban J connectivity index is 2.20. The zero-order valence-corrected chi connectivity index (χ0v) is 14.9. The number of unbranched alkanes of at least 4 members (excludes halogenated alkanes) is 2. The molecule has 0 aliphatic carbocycles.